The minimum Gasteiger partial charge on any atom is -0.497 e. The molecule has 3 rings (SSSR count). The summed E-state index contributed by atoms with van der Waals surface area (Å²) in [6.07, 6.45) is 0. The Kier molecular flexibility index (Phi) is 6.29. The molecule has 1 aliphatic rings. The molecule has 0 aliphatic carbocycles. The van der Waals surface area contributed by atoms with Gasteiger partial charge in [-0.25, -0.2) is 4.79 Å². The molecule has 0 aromatic heterocycles. The topological polar surface area (TPSA) is 54.0 Å². The van der Waals surface area contributed by atoms with Crippen LogP contribution < -0.4 is 19.7 Å². The van der Waals surface area contributed by atoms with Crippen LogP contribution in [0.25, 0.3) is 0 Å². The highest BCUT2D eigenvalue weighted by Gasteiger charge is 2.23. The van der Waals surface area contributed by atoms with Crippen LogP contribution >= 0.6 is 0 Å². The minimum atomic E-state index is -0.0568. The summed E-state index contributed by atoms with van der Waals surface area (Å²) in [5.41, 5.74) is 3.11. The zero-order chi connectivity index (χ0) is 20.1. The Bertz CT molecular complexity index is 797. The van der Waals surface area contributed by atoms with Gasteiger partial charge in [0.05, 0.1) is 19.9 Å². The van der Waals surface area contributed by atoms with Gasteiger partial charge in [-0.2, -0.15) is 0 Å². The Morgan fingerprint density at radius 3 is 2.21 bits per heavy atom. The maximum atomic E-state index is 12.6. The van der Waals surface area contributed by atoms with Gasteiger partial charge in [-0.05, 0) is 35.7 Å². The molecule has 1 N–H and O–H groups in total. The van der Waals surface area contributed by atoms with Crippen LogP contribution in [0.3, 0.4) is 0 Å². The van der Waals surface area contributed by atoms with Crippen LogP contribution in [0.5, 0.6) is 11.5 Å². The van der Waals surface area contributed by atoms with E-state index < -0.39 is 0 Å². The number of rotatable bonds is 5. The van der Waals surface area contributed by atoms with Gasteiger partial charge in [0.1, 0.15) is 11.5 Å². The van der Waals surface area contributed by atoms with Crippen molar-refractivity contribution in [3.8, 4) is 11.5 Å². The van der Waals surface area contributed by atoms with E-state index in [2.05, 4.69) is 36.2 Å². The molecule has 1 aliphatic heterocycles. The molecule has 6 nitrogen and oxygen atoms in total. The van der Waals surface area contributed by atoms with Gasteiger partial charge in [0.2, 0.25) is 0 Å². The SMILES string of the molecule is COc1ccc(N2CCN(C(=O)Nc3ccc(C(C)C)cc3)CC2)c(OC)c1. The van der Waals surface area contributed by atoms with Crippen molar-refractivity contribution in [2.24, 2.45) is 0 Å². The van der Waals surface area contributed by atoms with Gasteiger partial charge in [0.25, 0.3) is 0 Å². The molecule has 1 fully saturated rings. The van der Waals surface area contributed by atoms with E-state index in [1.807, 2.05) is 35.2 Å². The van der Waals surface area contributed by atoms with Crippen molar-refractivity contribution in [1.29, 1.82) is 0 Å². The molecule has 2 aromatic carbocycles. The molecule has 0 radical (unpaired) electrons. The summed E-state index contributed by atoms with van der Waals surface area (Å²) in [5, 5.41) is 3.00. The molecule has 0 saturated carbocycles. The number of amides is 2. The van der Waals surface area contributed by atoms with Gasteiger partial charge in [-0.15, -0.1) is 0 Å². The molecule has 0 atom stereocenters. The summed E-state index contributed by atoms with van der Waals surface area (Å²) in [5.74, 6) is 2.03. The molecule has 2 aromatic rings. The van der Waals surface area contributed by atoms with E-state index in [9.17, 15) is 4.79 Å². The molecule has 150 valence electrons. The maximum absolute atomic E-state index is 12.6. The first-order valence-electron chi connectivity index (χ1n) is 9.64. The van der Waals surface area contributed by atoms with E-state index in [4.69, 9.17) is 9.47 Å². The smallest absolute Gasteiger partial charge is 0.321 e. The van der Waals surface area contributed by atoms with Gasteiger partial charge in [-0.1, -0.05) is 26.0 Å². The number of nitrogens with zero attached hydrogens (tertiary/aromatic N) is 2. The third-order valence-corrected chi connectivity index (χ3v) is 5.12. The summed E-state index contributed by atoms with van der Waals surface area (Å²) in [6, 6.07) is 13.8. The van der Waals surface area contributed by atoms with E-state index in [1.54, 1.807) is 14.2 Å². The fraction of sp³-hybridized carbons (Fsp3) is 0.409. The Morgan fingerprint density at radius 2 is 1.64 bits per heavy atom. The fourth-order valence-corrected chi connectivity index (χ4v) is 3.35. The zero-order valence-electron chi connectivity index (χ0n) is 17.1. The van der Waals surface area contributed by atoms with E-state index in [-0.39, 0.29) is 6.03 Å². The number of carbonyl (C=O) groups is 1. The van der Waals surface area contributed by atoms with E-state index >= 15 is 0 Å². The van der Waals surface area contributed by atoms with Crippen molar-refractivity contribution in [2.45, 2.75) is 19.8 Å². The lowest BCUT2D eigenvalue weighted by Crippen LogP contribution is -2.50. The third-order valence-electron chi connectivity index (χ3n) is 5.12. The van der Waals surface area contributed by atoms with Crippen LogP contribution in [0, 0.1) is 0 Å². The van der Waals surface area contributed by atoms with Crippen LogP contribution in [0.1, 0.15) is 25.3 Å². The molecule has 0 unspecified atom stereocenters. The minimum absolute atomic E-state index is 0.0568. The monoisotopic (exact) mass is 383 g/mol. The highest BCUT2D eigenvalue weighted by Crippen LogP contribution is 2.32. The van der Waals surface area contributed by atoms with E-state index in [0.29, 0.717) is 19.0 Å². The highest BCUT2D eigenvalue weighted by atomic mass is 16.5. The number of urea groups is 1. The number of benzene rings is 2. The molecule has 6 heteroatoms. The summed E-state index contributed by atoms with van der Waals surface area (Å²) in [4.78, 5) is 16.7. The van der Waals surface area contributed by atoms with Crippen molar-refractivity contribution in [1.82, 2.24) is 4.90 Å². The van der Waals surface area contributed by atoms with Crippen LogP contribution in [0.2, 0.25) is 0 Å². The molecule has 0 spiro atoms. The van der Waals surface area contributed by atoms with Gasteiger partial charge < -0.3 is 24.6 Å². The molecule has 0 bridgehead atoms. The summed E-state index contributed by atoms with van der Waals surface area (Å²) in [6.45, 7) is 7.14. The number of nitrogens with one attached hydrogen (secondary N) is 1. The maximum Gasteiger partial charge on any atom is 0.321 e. The fourth-order valence-electron chi connectivity index (χ4n) is 3.35. The van der Waals surface area contributed by atoms with Crippen molar-refractivity contribution < 1.29 is 14.3 Å². The molecular formula is C22H29N3O3. The van der Waals surface area contributed by atoms with Crippen molar-refractivity contribution >= 4 is 17.4 Å². The number of carbonyl (C=O) groups excluding carboxylic acids is 1. The van der Waals surface area contributed by atoms with Gasteiger partial charge in [0, 0.05) is 37.9 Å². The standard InChI is InChI=1S/C22H29N3O3/c1-16(2)17-5-7-18(8-6-17)23-22(26)25-13-11-24(12-14-25)20-10-9-19(27-3)15-21(20)28-4/h5-10,15-16H,11-14H2,1-4H3,(H,23,26). The first kappa shape index (κ1) is 19.9. The molecule has 1 saturated heterocycles. The van der Waals surface area contributed by atoms with Crippen LogP contribution in [0.4, 0.5) is 16.2 Å². The molecule has 2 amide bonds. The number of methoxy groups -OCH3 is 2. The Labute approximate surface area is 167 Å². The van der Waals surface area contributed by atoms with Gasteiger partial charge in [0.15, 0.2) is 0 Å². The number of ether oxygens (including phenoxy) is 2. The van der Waals surface area contributed by atoms with Crippen LogP contribution in [-0.4, -0.2) is 51.3 Å². The molecule has 28 heavy (non-hydrogen) atoms. The highest BCUT2D eigenvalue weighted by molar-refractivity contribution is 5.89. The lowest BCUT2D eigenvalue weighted by molar-refractivity contribution is 0.208. The molecule has 1 heterocycles. The Morgan fingerprint density at radius 1 is 0.964 bits per heavy atom. The lowest BCUT2D eigenvalue weighted by Gasteiger charge is -2.36. The first-order chi connectivity index (χ1) is 13.5. The lowest BCUT2D eigenvalue weighted by atomic mass is 10.0. The number of piperazine rings is 1. The first-order valence-corrected chi connectivity index (χ1v) is 9.64. The summed E-state index contributed by atoms with van der Waals surface area (Å²) < 4.78 is 10.8. The summed E-state index contributed by atoms with van der Waals surface area (Å²) in [7, 11) is 3.30. The number of hydrogen-bond acceptors (Lipinski definition) is 4. The predicted molar refractivity (Wildman–Crippen MR) is 113 cm³/mol. The predicted octanol–water partition coefficient (Wildman–Crippen LogP) is 4.18. The Balaban J connectivity index is 1.58. The van der Waals surface area contributed by atoms with Gasteiger partial charge in [-0.3, -0.25) is 0 Å². The second kappa shape index (κ2) is 8.87. The van der Waals surface area contributed by atoms with Crippen LogP contribution in [-0.2, 0) is 0 Å². The number of anilines is 2. The normalized spacial score (nSPS) is 14.2. The largest absolute Gasteiger partial charge is 0.497 e. The van der Waals surface area contributed by atoms with E-state index in [1.165, 1.54) is 5.56 Å². The van der Waals surface area contributed by atoms with Crippen molar-refractivity contribution in [3.05, 3.63) is 48.0 Å². The average Bonchev–Trinajstić information content (AvgIpc) is 2.73. The van der Waals surface area contributed by atoms with Crippen LogP contribution in [0.15, 0.2) is 42.5 Å². The van der Waals surface area contributed by atoms with Crippen molar-refractivity contribution in [2.75, 3.05) is 50.6 Å². The van der Waals surface area contributed by atoms with Gasteiger partial charge >= 0.3 is 6.03 Å². The quantitative estimate of drug-likeness (QED) is 0.841. The summed E-state index contributed by atoms with van der Waals surface area (Å²) >= 11 is 0. The third kappa shape index (κ3) is 4.50. The molecular weight excluding hydrogens is 354 g/mol. The average molecular weight is 383 g/mol. The second-order valence-corrected chi connectivity index (χ2v) is 7.22. The Hall–Kier alpha value is -2.89. The second-order valence-electron chi connectivity index (χ2n) is 7.22. The number of hydrogen-bond donors (Lipinski definition) is 1. The van der Waals surface area contributed by atoms with Crippen molar-refractivity contribution in [3.63, 3.8) is 0 Å². The zero-order valence-corrected chi connectivity index (χ0v) is 17.1. The van der Waals surface area contributed by atoms with E-state index in [0.717, 1.165) is 36.0 Å².